The fourth-order valence-corrected chi connectivity index (χ4v) is 1.14. The first-order valence-corrected chi connectivity index (χ1v) is 4.92. The molecule has 0 aliphatic heterocycles. The molecule has 0 amide bonds. The average Bonchev–Trinajstić information content (AvgIpc) is 2.29. The maximum Gasteiger partial charge on any atom is 0.574 e. The Labute approximate surface area is 105 Å². The Morgan fingerprint density at radius 3 is 2.68 bits per heavy atom. The predicted octanol–water partition coefficient (Wildman–Crippen LogP) is 1.61. The van der Waals surface area contributed by atoms with Crippen molar-refractivity contribution in [2.75, 3.05) is 12.3 Å². The monoisotopic (exact) mass is 275 g/mol. The number of pyridine rings is 1. The zero-order valence-corrected chi connectivity index (χ0v) is 9.61. The molecule has 0 fully saturated rings. The van der Waals surface area contributed by atoms with E-state index >= 15 is 0 Å². The van der Waals surface area contributed by atoms with E-state index in [1.54, 1.807) is 0 Å². The highest BCUT2D eigenvalue weighted by molar-refractivity contribution is 5.93. The lowest BCUT2D eigenvalue weighted by Crippen LogP contribution is -2.20. The van der Waals surface area contributed by atoms with E-state index in [1.165, 1.54) is 13.0 Å². The van der Waals surface area contributed by atoms with Gasteiger partial charge >= 0.3 is 12.3 Å². The fraction of sp³-hybridized carbons (Fsp3) is 0.300. The number of rotatable bonds is 3. The van der Waals surface area contributed by atoms with Crippen molar-refractivity contribution >= 4 is 11.7 Å². The average molecular weight is 275 g/mol. The SMILES string of the molecule is CCOC(=O)c1nc(OC(F)(F)F)c(C#N)cc1N. The van der Waals surface area contributed by atoms with Crippen molar-refractivity contribution in [3.63, 3.8) is 0 Å². The van der Waals surface area contributed by atoms with Gasteiger partial charge in [-0.15, -0.1) is 13.2 Å². The maximum atomic E-state index is 12.1. The summed E-state index contributed by atoms with van der Waals surface area (Å²) in [6.07, 6.45) is -5.04. The number of nitrogen functional groups attached to an aromatic ring is 1. The predicted molar refractivity (Wildman–Crippen MR) is 56.0 cm³/mol. The molecule has 0 bridgehead atoms. The largest absolute Gasteiger partial charge is 0.574 e. The van der Waals surface area contributed by atoms with Crippen LogP contribution in [0.5, 0.6) is 5.88 Å². The van der Waals surface area contributed by atoms with E-state index in [0.29, 0.717) is 0 Å². The molecule has 0 saturated carbocycles. The molecule has 102 valence electrons. The highest BCUT2D eigenvalue weighted by Gasteiger charge is 2.34. The van der Waals surface area contributed by atoms with E-state index in [1.807, 2.05) is 0 Å². The molecule has 0 radical (unpaired) electrons. The van der Waals surface area contributed by atoms with Gasteiger partial charge in [0.05, 0.1) is 12.3 Å². The summed E-state index contributed by atoms with van der Waals surface area (Å²) in [5.74, 6) is -2.05. The van der Waals surface area contributed by atoms with Gasteiger partial charge in [0.25, 0.3) is 0 Å². The standard InChI is InChI=1S/C10H8F3N3O3/c1-2-18-9(17)7-6(15)3-5(4-14)8(16-7)19-10(11,12)13/h3H,2,15H2,1H3. The van der Waals surface area contributed by atoms with Crippen LogP contribution in [0.1, 0.15) is 23.0 Å². The van der Waals surface area contributed by atoms with Crippen LogP contribution in [0.2, 0.25) is 0 Å². The van der Waals surface area contributed by atoms with Gasteiger partial charge in [0.2, 0.25) is 5.88 Å². The number of aromatic nitrogens is 1. The molecule has 0 atom stereocenters. The van der Waals surface area contributed by atoms with E-state index in [9.17, 15) is 18.0 Å². The number of hydrogen-bond donors (Lipinski definition) is 1. The van der Waals surface area contributed by atoms with Crippen molar-refractivity contribution in [3.8, 4) is 11.9 Å². The van der Waals surface area contributed by atoms with E-state index in [0.717, 1.165) is 6.07 Å². The minimum atomic E-state index is -5.04. The Hall–Kier alpha value is -2.50. The molecule has 1 aromatic heterocycles. The van der Waals surface area contributed by atoms with E-state index < -0.39 is 29.5 Å². The number of ether oxygens (including phenoxy) is 2. The lowest BCUT2D eigenvalue weighted by Gasteiger charge is -2.11. The van der Waals surface area contributed by atoms with Crippen LogP contribution in [-0.2, 0) is 4.74 Å². The molecule has 1 rings (SSSR count). The Morgan fingerprint density at radius 1 is 1.58 bits per heavy atom. The number of nitrogens with two attached hydrogens (primary N) is 1. The van der Waals surface area contributed by atoms with Gasteiger partial charge in [0.15, 0.2) is 5.69 Å². The molecule has 0 aromatic carbocycles. The van der Waals surface area contributed by atoms with Gasteiger partial charge in [-0.1, -0.05) is 0 Å². The van der Waals surface area contributed by atoms with Crippen LogP contribution in [0.25, 0.3) is 0 Å². The van der Waals surface area contributed by atoms with Crippen LogP contribution in [0.4, 0.5) is 18.9 Å². The third kappa shape index (κ3) is 3.74. The van der Waals surface area contributed by atoms with Crippen molar-refractivity contribution in [1.29, 1.82) is 5.26 Å². The topological polar surface area (TPSA) is 98.2 Å². The maximum absolute atomic E-state index is 12.1. The van der Waals surface area contributed by atoms with Crippen LogP contribution in [0.3, 0.4) is 0 Å². The van der Waals surface area contributed by atoms with E-state index in [2.05, 4.69) is 14.5 Å². The quantitative estimate of drug-likeness (QED) is 0.841. The zero-order valence-electron chi connectivity index (χ0n) is 9.61. The summed E-state index contributed by atoms with van der Waals surface area (Å²) in [6, 6.07) is 2.30. The third-order valence-electron chi connectivity index (χ3n) is 1.82. The first-order valence-electron chi connectivity index (χ1n) is 4.92. The lowest BCUT2D eigenvalue weighted by molar-refractivity contribution is -0.276. The summed E-state index contributed by atoms with van der Waals surface area (Å²) in [4.78, 5) is 14.7. The number of carbonyl (C=O) groups excluding carboxylic acids is 1. The van der Waals surface area contributed by atoms with Gasteiger partial charge in [0.1, 0.15) is 11.6 Å². The van der Waals surface area contributed by atoms with E-state index in [4.69, 9.17) is 11.0 Å². The van der Waals surface area contributed by atoms with Crippen molar-refractivity contribution in [2.24, 2.45) is 0 Å². The highest BCUT2D eigenvalue weighted by Crippen LogP contribution is 2.27. The lowest BCUT2D eigenvalue weighted by atomic mass is 10.2. The Morgan fingerprint density at radius 2 is 2.21 bits per heavy atom. The van der Waals surface area contributed by atoms with Crippen molar-refractivity contribution < 1.29 is 27.4 Å². The first-order chi connectivity index (χ1) is 8.78. The van der Waals surface area contributed by atoms with Crippen molar-refractivity contribution in [2.45, 2.75) is 13.3 Å². The summed E-state index contributed by atoms with van der Waals surface area (Å²) in [5.41, 5.74) is 4.06. The Bertz CT molecular complexity index is 537. The molecular formula is C10H8F3N3O3. The number of anilines is 1. The normalized spacial score (nSPS) is 10.7. The van der Waals surface area contributed by atoms with Crippen molar-refractivity contribution in [3.05, 3.63) is 17.3 Å². The Kier molecular flexibility index (Phi) is 4.16. The number of halogens is 3. The molecule has 9 heteroatoms. The van der Waals surface area contributed by atoms with Gasteiger partial charge in [0, 0.05) is 0 Å². The summed E-state index contributed by atoms with van der Waals surface area (Å²) in [6.45, 7) is 1.50. The second kappa shape index (κ2) is 5.43. The summed E-state index contributed by atoms with van der Waals surface area (Å²) < 4.78 is 44.5. The minimum absolute atomic E-state index is 0.00455. The smallest absolute Gasteiger partial charge is 0.461 e. The number of carbonyl (C=O) groups is 1. The third-order valence-corrected chi connectivity index (χ3v) is 1.82. The minimum Gasteiger partial charge on any atom is -0.461 e. The molecular weight excluding hydrogens is 267 g/mol. The van der Waals surface area contributed by atoms with Gasteiger partial charge < -0.3 is 15.2 Å². The van der Waals surface area contributed by atoms with Crippen molar-refractivity contribution in [1.82, 2.24) is 4.98 Å². The number of nitrogens with zero attached hydrogens (tertiary/aromatic N) is 2. The van der Waals surface area contributed by atoms with Gasteiger partial charge in [-0.25, -0.2) is 9.78 Å². The molecule has 2 N–H and O–H groups in total. The number of hydrogen-bond acceptors (Lipinski definition) is 6. The van der Waals surface area contributed by atoms with Crippen LogP contribution < -0.4 is 10.5 Å². The fourth-order valence-electron chi connectivity index (χ4n) is 1.14. The molecule has 19 heavy (non-hydrogen) atoms. The van der Waals surface area contributed by atoms with Crippen LogP contribution in [-0.4, -0.2) is 23.9 Å². The molecule has 1 heterocycles. The highest BCUT2D eigenvalue weighted by atomic mass is 19.4. The first kappa shape index (κ1) is 14.6. The summed E-state index contributed by atoms with van der Waals surface area (Å²) in [5, 5.41) is 8.66. The second-order valence-electron chi connectivity index (χ2n) is 3.16. The number of alkyl halides is 3. The molecule has 0 spiro atoms. The molecule has 0 saturated heterocycles. The van der Waals surface area contributed by atoms with E-state index in [-0.39, 0.29) is 12.3 Å². The van der Waals surface area contributed by atoms with Crippen LogP contribution in [0.15, 0.2) is 6.07 Å². The second-order valence-corrected chi connectivity index (χ2v) is 3.16. The van der Waals surface area contributed by atoms with Gasteiger partial charge in [-0.2, -0.15) is 5.26 Å². The molecule has 0 aliphatic carbocycles. The zero-order chi connectivity index (χ0) is 14.6. The number of esters is 1. The van der Waals surface area contributed by atoms with Gasteiger partial charge in [-0.05, 0) is 13.0 Å². The molecule has 0 unspecified atom stereocenters. The molecule has 6 nitrogen and oxygen atoms in total. The summed E-state index contributed by atoms with van der Waals surface area (Å²) in [7, 11) is 0. The summed E-state index contributed by atoms with van der Waals surface area (Å²) >= 11 is 0. The molecule has 0 aliphatic rings. The van der Waals surface area contributed by atoms with Crippen LogP contribution in [0, 0.1) is 11.3 Å². The Balaban J connectivity index is 3.26. The number of nitriles is 1. The molecule has 1 aromatic rings. The van der Waals surface area contributed by atoms with Crippen LogP contribution >= 0.6 is 0 Å². The van der Waals surface area contributed by atoms with Gasteiger partial charge in [-0.3, -0.25) is 0 Å².